The van der Waals surface area contributed by atoms with Crippen LogP contribution in [0.15, 0.2) is 22.7 Å². The average Bonchev–Trinajstić information content (AvgIpc) is 3.08. The molecule has 0 unspecified atom stereocenters. The molecule has 0 spiro atoms. The maximum Gasteiger partial charge on any atom is 0.170 e. The number of hydrogen-bond donors (Lipinski definition) is 1. The summed E-state index contributed by atoms with van der Waals surface area (Å²) in [5.41, 5.74) is 0.862. The fourth-order valence-corrected chi connectivity index (χ4v) is 2.08. The predicted molar refractivity (Wildman–Crippen MR) is 71.7 cm³/mol. The number of halogens is 2. The van der Waals surface area contributed by atoms with E-state index in [4.69, 9.17) is 11.6 Å². The lowest BCUT2D eigenvalue weighted by molar-refractivity contribution is 0.637. The maximum absolute atomic E-state index is 6.08. The maximum atomic E-state index is 6.08. The lowest BCUT2D eigenvalue weighted by Gasteiger charge is -2.06. The highest BCUT2D eigenvalue weighted by Gasteiger charge is 2.21. The third kappa shape index (κ3) is 2.55. The summed E-state index contributed by atoms with van der Waals surface area (Å²) in [4.78, 5) is 0. The van der Waals surface area contributed by atoms with E-state index < -0.39 is 0 Å². The molecule has 18 heavy (non-hydrogen) atoms. The van der Waals surface area contributed by atoms with Crippen molar-refractivity contribution in [2.45, 2.75) is 25.4 Å². The van der Waals surface area contributed by atoms with Crippen LogP contribution in [-0.4, -0.2) is 26.2 Å². The summed E-state index contributed by atoms with van der Waals surface area (Å²) in [6.45, 7) is 0.672. The van der Waals surface area contributed by atoms with Crippen LogP contribution in [0.2, 0.25) is 5.02 Å². The van der Waals surface area contributed by atoms with Crippen molar-refractivity contribution in [1.82, 2.24) is 25.5 Å². The van der Waals surface area contributed by atoms with Crippen LogP contribution in [-0.2, 0) is 6.54 Å². The normalized spacial score (nSPS) is 15.0. The quantitative estimate of drug-likeness (QED) is 0.936. The van der Waals surface area contributed by atoms with Gasteiger partial charge in [0.1, 0.15) is 0 Å². The number of nitrogens with zero attached hydrogens (tertiary/aromatic N) is 4. The number of tetrazole rings is 1. The van der Waals surface area contributed by atoms with E-state index in [1.54, 1.807) is 4.68 Å². The predicted octanol–water partition coefficient (Wildman–Crippen LogP) is 2.33. The van der Waals surface area contributed by atoms with Crippen LogP contribution in [0.1, 0.15) is 18.7 Å². The van der Waals surface area contributed by atoms with E-state index in [2.05, 4.69) is 36.8 Å². The Hall–Kier alpha value is -0.980. The van der Waals surface area contributed by atoms with Crippen LogP contribution >= 0.6 is 27.5 Å². The molecule has 0 radical (unpaired) electrons. The fourth-order valence-electron chi connectivity index (χ4n) is 1.66. The average molecular weight is 329 g/mol. The highest BCUT2D eigenvalue weighted by molar-refractivity contribution is 9.10. The van der Waals surface area contributed by atoms with E-state index in [1.807, 2.05) is 18.2 Å². The summed E-state index contributed by atoms with van der Waals surface area (Å²) < 4.78 is 2.56. The summed E-state index contributed by atoms with van der Waals surface area (Å²) in [6, 6.07) is 6.27. The van der Waals surface area contributed by atoms with Gasteiger partial charge in [-0.2, -0.15) is 4.68 Å². The van der Waals surface area contributed by atoms with Gasteiger partial charge in [0.15, 0.2) is 5.82 Å². The zero-order chi connectivity index (χ0) is 12.5. The van der Waals surface area contributed by atoms with Crippen molar-refractivity contribution in [2.24, 2.45) is 0 Å². The smallest absolute Gasteiger partial charge is 0.170 e. The monoisotopic (exact) mass is 327 g/mol. The van der Waals surface area contributed by atoms with E-state index in [0.29, 0.717) is 17.6 Å². The lowest BCUT2D eigenvalue weighted by Crippen LogP contribution is -2.18. The molecule has 1 aromatic carbocycles. The Morgan fingerprint density at radius 3 is 3.00 bits per heavy atom. The summed E-state index contributed by atoms with van der Waals surface area (Å²) in [5, 5.41) is 15.8. The molecule has 1 N–H and O–H groups in total. The second kappa shape index (κ2) is 4.95. The Balaban J connectivity index is 1.85. The van der Waals surface area contributed by atoms with Crippen LogP contribution in [0.3, 0.4) is 0 Å². The highest BCUT2D eigenvalue weighted by Crippen LogP contribution is 2.25. The molecular weight excluding hydrogens is 318 g/mol. The van der Waals surface area contributed by atoms with Gasteiger partial charge in [-0.05, 0) is 57.4 Å². The zero-order valence-corrected chi connectivity index (χ0v) is 11.8. The Kier molecular flexibility index (Phi) is 3.32. The Morgan fingerprint density at radius 2 is 2.28 bits per heavy atom. The Morgan fingerprint density at radius 1 is 1.44 bits per heavy atom. The third-order valence-electron chi connectivity index (χ3n) is 2.81. The molecule has 1 aliphatic carbocycles. The van der Waals surface area contributed by atoms with Gasteiger partial charge in [-0.25, -0.2) is 0 Å². The minimum Gasteiger partial charge on any atom is -0.307 e. The molecule has 0 amide bonds. The van der Waals surface area contributed by atoms with E-state index in [1.165, 1.54) is 12.8 Å². The van der Waals surface area contributed by atoms with Crippen LogP contribution in [0.4, 0.5) is 0 Å². The van der Waals surface area contributed by atoms with Crippen molar-refractivity contribution in [3.8, 4) is 5.69 Å². The minimum atomic E-state index is 0.628. The standard InChI is InChI=1S/C11H11BrClN5/c12-9-4-3-8(5-10(9)13)18-11(15-16-17-18)6-14-7-1-2-7/h3-5,7,14H,1-2,6H2. The van der Waals surface area contributed by atoms with E-state index >= 15 is 0 Å². The molecule has 0 aliphatic heterocycles. The Labute approximate surface area is 118 Å². The van der Waals surface area contributed by atoms with Crippen LogP contribution in [0.5, 0.6) is 0 Å². The number of rotatable bonds is 4. The van der Waals surface area contributed by atoms with Gasteiger partial charge in [0, 0.05) is 10.5 Å². The van der Waals surface area contributed by atoms with Gasteiger partial charge in [0.25, 0.3) is 0 Å². The van der Waals surface area contributed by atoms with Crippen LogP contribution in [0.25, 0.3) is 5.69 Å². The summed E-state index contributed by atoms with van der Waals surface area (Å²) >= 11 is 9.44. The van der Waals surface area contributed by atoms with Gasteiger partial charge in [-0.1, -0.05) is 11.6 Å². The largest absolute Gasteiger partial charge is 0.307 e. The molecule has 1 aromatic heterocycles. The molecule has 3 rings (SSSR count). The van der Waals surface area contributed by atoms with Crippen molar-refractivity contribution >= 4 is 27.5 Å². The fraction of sp³-hybridized carbons (Fsp3) is 0.364. The summed E-state index contributed by atoms with van der Waals surface area (Å²) in [7, 11) is 0. The molecule has 94 valence electrons. The third-order valence-corrected chi connectivity index (χ3v) is 4.04. The first-order valence-corrected chi connectivity index (χ1v) is 6.87. The lowest BCUT2D eigenvalue weighted by atomic mass is 10.3. The van der Waals surface area contributed by atoms with Crippen LogP contribution < -0.4 is 5.32 Å². The van der Waals surface area contributed by atoms with Crippen molar-refractivity contribution in [1.29, 1.82) is 0 Å². The topological polar surface area (TPSA) is 55.6 Å². The molecule has 0 atom stereocenters. The SMILES string of the molecule is Clc1cc(-n2nnnc2CNC2CC2)ccc1Br. The molecule has 5 nitrogen and oxygen atoms in total. The zero-order valence-electron chi connectivity index (χ0n) is 9.48. The molecule has 1 saturated carbocycles. The van der Waals surface area contributed by atoms with Gasteiger partial charge in [0.2, 0.25) is 0 Å². The first kappa shape index (κ1) is 12.1. The second-order valence-corrected chi connectivity index (χ2v) is 5.52. The molecule has 0 saturated heterocycles. The van der Waals surface area contributed by atoms with Crippen molar-refractivity contribution in [3.05, 3.63) is 33.5 Å². The van der Waals surface area contributed by atoms with E-state index in [9.17, 15) is 0 Å². The molecule has 7 heteroatoms. The molecule has 2 aromatic rings. The van der Waals surface area contributed by atoms with Crippen LogP contribution in [0, 0.1) is 0 Å². The number of benzene rings is 1. The Bertz CT molecular complexity index is 566. The summed E-state index contributed by atoms with van der Waals surface area (Å²) in [6.07, 6.45) is 2.48. The molecule has 1 aliphatic rings. The number of hydrogen-bond acceptors (Lipinski definition) is 4. The minimum absolute atomic E-state index is 0.628. The van der Waals surface area contributed by atoms with Gasteiger partial charge in [-0.15, -0.1) is 5.10 Å². The molecule has 0 bridgehead atoms. The highest BCUT2D eigenvalue weighted by atomic mass is 79.9. The molecule has 1 fully saturated rings. The van der Waals surface area contributed by atoms with Gasteiger partial charge < -0.3 is 5.32 Å². The number of aromatic nitrogens is 4. The van der Waals surface area contributed by atoms with Crippen molar-refractivity contribution in [2.75, 3.05) is 0 Å². The van der Waals surface area contributed by atoms with Gasteiger partial charge in [-0.3, -0.25) is 0 Å². The van der Waals surface area contributed by atoms with Crippen molar-refractivity contribution in [3.63, 3.8) is 0 Å². The molecule has 1 heterocycles. The first-order chi connectivity index (χ1) is 8.74. The summed E-state index contributed by atoms with van der Waals surface area (Å²) in [5.74, 6) is 0.792. The first-order valence-electron chi connectivity index (χ1n) is 5.70. The van der Waals surface area contributed by atoms with Gasteiger partial charge >= 0.3 is 0 Å². The van der Waals surface area contributed by atoms with E-state index in [0.717, 1.165) is 16.0 Å². The van der Waals surface area contributed by atoms with E-state index in [-0.39, 0.29) is 0 Å². The van der Waals surface area contributed by atoms with Gasteiger partial charge in [0.05, 0.1) is 17.3 Å². The second-order valence-electron chi connectivity index (χ2n) is 4.26. The molecular formula is C11H11BrClN5. The van der Waals surface area contributed by atoms with Crippen molar-refractivity contribution < 1.29 is 0 Å². The number of nitrogens with one attached hydrogen (secondary N) is 1.